The van der Waals surface area contributed by atoms with Crippen LogP contribution in [0, 0.1) is 0 Å². The van der Waals surface area contributed by atoms with Crippen LogP contribution in [-0.2, 0) is 4.79 Å². The lowest BCUT2D eigenvalue weighted by atomic mass is 10.2. The topological polar surface area (TPSA) is 78.4 Å². The van der Waals surface area contributed by atoms with Crippen molar-refractivity contribution >= 4 is 23.8 Å². The number of nitrogens with one attached hydrogen (secondary N) is 2. The van der Waals surface area contributed by atoms with E-state index in [1.807, 2.05) is 0 Å². The molecule has 1 heterocycles. The highest BCUT2D eigenvalue weighted by molar-refractivity contribution is 7.99. The molecule has 1 fully saturated rings. The number of urea groups is 1. The van der Waals surface area contributed by atoms with E-state index in [-0.39, 0.29) is 12.1 Å². The van der Waals surface area contributed by atoms with Crippen LogP contribution in [0.1, 0.15) is 19.8 Å². The molecule has 1 unspecified atom stereocenters. The average Bonchev–Trinajstić information content (AvgIpc) is 2.66. The molecule has 1 saturated heterocycles. The molecule has 0 saturated carbocycles. The Bertz CT molecular complexity index is 242. The van der Waals surface area contributed by atoms with Crippen molar-refractivity contribution in [3.05, 3.63) is 0 Å². The Morgan fingerprint density at radius 2 is 2.33 bits per heavy atom. The van der Waals surface area contributed by atoms with Crippen LogP contribution in [0.4, 0.5) is 4.79 Å². The van der Waals surface area contributed by atoms with E-state index >= 15 is 0 Å². The van der Waals surface area contributed by atoms with Crippen LogP contribution in [0.25, 0.3) is 0 Å². The standard InChI is InChI=1S/C9H16N2O3S/c1-2-7(8(12)13)11-9(14)10-6-3-4-15-5-6/h6-7H,2-5H2,1H3,(H,12,13)(H2,10,11,14)/t6?,7-/m1/s1. The molecule has 0 radical (unpaired) electrons. The van der Waals surface area contributed by atoms with Gasteiger partial charge in [-0.25, -0.2) is 9.59 Å². The first-order valence-electron chi connectivity index (χ1n) is 5.01. The molecule has 0 bridgehead atoms. The SMILES string of the molecule is CC[C@@H](NC(=O)NC1CCSC1)C(=O)O. The zero-order valence-corrected chi connectivity index (χ0v) is 9.47. The highest BCUT2D eigenvalue weighted by Gasteiger charge is 2.21. The minimum absolute atomic E-state index is 0.182. The molecule has 86 valence electrons. The highest BCUT2D eigenvalue weighted by Crippen LogP contribution is 2.16. The van der Waals surface area contributed by atoms with Gasteiger partial charge in [-0.2, -0.15) is 11.8 Å². The van der Waals surface area contributed by atoms with Gasteiger partial charge in [0.1, 0.15) is 6.04 Å². The first-order valence-corrected chi connectivity index (χ1v) is 6.16. The van der Waals surface area contributed by atoms with E-state index < -0.39 is 12.0 Å². The third-order valence-electron chi connectivity index (χ3n) is 2.28. The first kappa shape index (κ1) is 12.2. The fourth-order valence-corrected chi connectivity index (χ4v) is 2.52. The number of aliphatic carboxylic acids is 1. The normalized spacial score (nSPS) is 22.1. The Labute approximate surface area is 93.0 Å². The average molecular weight is 232 g/mol. The number of rotatable bonds is 4. The predicted octanol–water partition coefficient (Wildman–Crippen LogP) is 0.654. The third kappa shape index (κ3) is 3.99. The second kappa shape index (κ2) is 5.85. The number of carbonyl (C=O) groups excluding carboxylic acids is 1. The van der Waals surface area contributed by atoms with E-state index in [4.69, 9.17) is 5.11 Å². The Morgan fingerprint density at radius 1 is 1.60 bits per heavy atom. The van der Waals surface area contributed by atoms with E-state index in [2.05, 4.69) is 10.6 Å². The number of carbonyl (C=O) groups is 2. The summed E-state index contributed by atoms with van der Waals surface area (Å²) in [6.07, 6.45) is 1.35. The summed E-state index contributed by atoms with van der Waals surface area (Å²) in [6.45, 7) is 1.73. The van der Waals surface area contributed by atoms with E-state index in [1.165, 1.54) is 0 Å². The second-order valence-corrected chi connectivity index (χ2v) is 4.63. The van der Waals surface area contributed by atoms with Gasteiger partial charge in [-0.1, -0.05) is 6.92 Å². The van der Waals surface area contributed by atoms with Gasteiger partial charge in [-0.05, 0) is 18.6 Å². The number of thioether (sulfide) groups is 1. The molecule has 0 aromatic carbocycles. The zero-order chi connectivity index (χ0) is 11.3. The van der Waals surface area contributed by atoms with E-state index in [0.717, 1.165) is 17.9 Å². The first-order chi connectivity index (χ1) is 7.13. The van der Waals surface area contributed by atoms with Crippen molar-refractivity contribution in [2.45, 2.75) is 31.8 Å². The molecule has 15 heavy (non-hydrogen) atoms. The van der Waals surface area contributed by atoms with E-state index in [1.54, 1.807) is 18.7 Å². The molecule has 1 rings (SSSR count). The van der Waals surface area contributed by atoms with Crippen molar-refractivity contribution in [3.8, 4) is 0 Å². The Hall–Kier alpha value is -0.910. The second-order valence-electron chi connectivity index (χ2n) is 3.48. The summed E-state index contributed by atoms with van der Waals surface area (Å²) in [5.74, 6) is 0.978. The summed E-state index contributed by atoms with van der Waals surface area (Å²) in [5.41, 5.74) is 0. The molecule has 0 aliphatic carbocycles. The summed E-state index contributed by atoms with van der Waals surface area (Å²) in [5, 5.41) is 13.9. The Kier molecular flexibility index (Phi) is 4.74. The van der Waals surface area contributed by atoms with Crippen molar-refractivity contribution in [2.24, 2.45) is 0 Å². The van der Waals surface area contributed by atoms with E-state index in [0.29, 0.717) is 6.42 Å². The Morgan fingerprint density at radius 3 is 2.80 bits per heavy atom. The maximum Gasteiger partial charge on any atom is 0.326 e. The van der Waals surface area contributed by atoms with E-state index in [9.17, 15) is 9.59 Å². The minimum Gasteiger partial charge on any atom is -0.480 e. The van der Waals surface area contributed by atoms with Gasteiger partial charge in [0, 0.05) is 11.8 Å². The summed E-state index contributed by atoms with van der Waals surface area (Å²) in [7, 11) is 0. The predicted molar refractivity (Wildman–Crippen MR) is 59.1 cm³/mol. The van der Waals surface area contributed by atoms with Gasteiger partial charge in [0.15, 0.2) is 0 Å². The number of carboxylic acids is 1. The zero-order valence-electron chi connectivity index (χ0n) is 8.66. The maximum absolute atomic E-state index is 11.4. The number of hydrogen-bond donors (Lipinski definition) is 3. The lowest BCUT2D eigenvalue weighted by molar-refractivity contribution is -0.139. The molecular weight excluding hydrogens is 216 g/mol. The van der Waals surface area contributed by atoms with Gasteiger partial charge in [0.25, 0.3) is 0 Å². The van der Waals surface area contributed by atoms with Crippen LogP contribution < -0.4 is 10.6 Å². The molecule has 0 aromatic heterocycles. The molecule has 0 aromatic rings. The van der Waals surface area contributed by atoms with Crippen molar-refractivity contribution in [1.29, 1.82) is 0 Å². The molecule has 2 amide bonds. The largest absolute Gasteiger partial charge is 0.480 e. The van der Waals surface area contributed by atoms with Gasteiger partial charge in [-0.3, -0.25) is 0 Å². The molecule has 1 aliphatic rings. The highest BCUT2D eigenvalue weighted by atomic mass is 32.2. The number of hydrogen-bond acceptors (Lipinski definition) is 3. The van der Waals surface area contributed by atoms with Crippen LogP contribution in [0.2, 0.25) is 0 Å². The Balaban J connectivity index is 2.30. The van der Waals surface area contributed by atoms with Crippen LogP contribution >= 0.6 is 11.8 Å². The fourth-order valence-electron chi connectivity index (χ4n) is 1.37. The van der Waals surface area contributed by atoms with Crippen molar-refractivity contribution in [2.75, 3.05) is 11.5 Å². The molecular formula is C9H16N2O3S. The molecule has 6 heteroatoms. The van der Waals surface area contributed by atoms with Gasteiger partial charge < -0.3 is 15.7 Å². The summed E-state index contributed by atoms with van der Waals surface area (Å²) in [6, 6.07) is -0.989. The maximum atomic E-state index is 11.4. The van der Waals surface area contributed by atoms with Gasteiger partial charge in [0.2, 0.25) is 0 Å². The van der Waals surface area contributed by atoms with Crippen LogP contribution in [0.5, 0.6) is 0 Å². The third-order valence-corrected chi connectivity index (χ3v) is 3.44. The molecule has 2 atom stereocenters. The smallest absolute Gasteiger partial charge is 0.326 e. The molecule has 3 N–H and O–H groups in total. The summed E-state index contributed by atoms with van der Waals surface area (Å²) < 4.78 is 0. The summed E-state index contributed by atoms with van der Waals surface area (Å²) in [4.78, 5) is 22.0. The fraction of sp³-hybridized carbons (Fsp3) is 0.778. The minimum atomic E-state index is -0.992. The van der Waals surface area contributed by atoms with Crippen molar-refractivity contribution in [3.63, 3.8) is 0 Å². The lowest BCUT2D eigenvalue weighted by Gasteiger charge is -2.16. The number of carboxylic acid groups (broad SMARTS) is 1. The monoisotopic (exact) mass is 232 g/mol. The van der Waals surface area contributed by atoms with Crippen LogP contribution in [0.15, 0.2) is 0 Å². The van der Waals surface area contributed by atoms with Gasteiger partial charge in [0.05, 0.1) is 0 Å². The van der Waals surface area contributed by atoms with Gasteiger partial charge in [-0.15, -0.1) is 0 Å². The molecule has 5 nitrogen and oxygen atoms in total. The van der Waals surface area contributed by atoms with Crippen molar-refractivity contribution < 1.29 is 14.7 Å². The van der Waals surface area contributed by atoms with Crippen molar-refractivity contribution in [1.82, 2.24) is 10.6 Å². The molecule has 0 spiro atoms. The van der Waals surface area contributed by atoms with Crippen LogP contribution in [0.3, 0.4) is 0 Å². The number of amides is 2. The lowest BCUT2D eigenvalue weighted by Crippen LogP contribution is -2.48. The molecule has 1 aliphatic heterocycles. The van der Waals surface area contributed by atoms with Crippen LogP contribution in [-0.4, -0.2) is 40.7 Å². The summed E-state index contributed by atoms with van der Waals surface area (Å²) >= 11 is 1.80. The quantitative estimate of drug-likeness (QED) is 0.665. The van der Waals surface area contributed by atoms with Gasteiger partial charge >= 0.3 is 12.0 Å².